The van der Waals surface area contributed by atoms with E-state index < -0.39 is 0 Å². The van der Waals surface area contributed by atoms with E-state index in [0.717, 1.165) is 0 Å². The van der Waals surface area contributed by atoms with Crippen LogP contribution < -0.4 is 0 Å². The summed E-state index contributed by atoms with van der Waals surface area (Å²) in [5.41, 5.74) is 0. The standard InChI is InChI=1S/C5H12N2O/c1-5-6(2)7(3)8-4/h5H,1H2,2-4H3. The fourth-order valence-electron chi connectivity index (χ4n) is 0.244. The number of hydrogen-bond donors (Lipinski definition) is 0. The van der Waals surface area contributed by atoms with Crippen molar-refractivity contribution in [3.63, 3.8) is 0 Å². The lowest BCUT2D eigenvalue weighted by Gasteiger charge is -2.22. The molecule has 0 bridgehead atoms. The molecule has 0 aliphatic rings. The third kappa shape index (κ3) is 1.95. The molecule has 3 heteroatoms. The van der Waals surface area contributed by atoms with Crippen molar-refractivity contribution in [1.29, 1.82) is 0 Å². The largest absolute Gasteiger partial charge is 0.294 e. The van der Waals surface area contributed by atoms with Gasteiger partial charge in [0.25, 0.3) is 0 Å². The summed E-state index contributed by atoms with van der Waals surface area (Å²) in [4.78, 5) is 4.79. The average molecular weight is 116 g/mol. The second-order valence-electron chi connectivity index (χ2n) is 1.40. The van der Waals surface area contributed by atoms with Gasteiger partial charge in [-0.15, -0.1) is 5.17 Å². The molecule has 0 N–H and O–H groups in total. The van der Waals surface area contributed by atoms with Crippen molar-refractivity contribution in [2.75, 3.05) is 21.2 Å². The lowest BCUT2D eigenvalue weighted by atomic mass is 10.9. The fraction of sp³-hybridized carbons (Fsp3) is 0.600. The van der Waals surface area contributed by atoms with E-state index in [-0.39, 0.29) is 0 Å². The van der Waals surface area contributed by atoms with E-state index in [1.165, 1.54) is 0 Å². The van der Waals surface area contributed by atoms with Gasteiger partial charge in [0.05, 0.1) is 7.11 Å². The van der Waals surface area contributed by atoms with Crippen molar-refractivity contribution in [2.45, 2.75) is 0 Å². The Balaban J connectivity index is 3.44. The topological polar surface area (TPSA) is 15.7 Å². The normalized spacial score (nSPS) is 9.50. The van der Waals surface area contributed by atoms with E-state index in [0.29, 0.717) is 0 Å². The molecule has 0 aliphatic carbocycles. The number of hydroxylamine groups is 1. The second-order valence-corrected chi connectivity index (χ2v) is 1.40. The first kappa shape index (κ1) is 7.46. The van der Waals surface area contributed by atoms with Crippen LogP contribution in [-0.4, -0.2) is 31.4 Å². The van der Waals surface area contributed by atoms with Crippen molar-refractivity contribution < 1.29 is 4.84 Å². The average Bonchev–Trinajstić information content (AvgIpc) is 1.84. The summed E-state index contributed by atoms with van der Waals surface area (Å²) < 4.78 is 0. The molecule has 0 aromatic carbocycles. The maximum atomic E-state index is 4.79. The zero-order chi connectivity index (χ0) is 6.57. The van der Waals surface area contributed by atoms with Gasteiger partial charge in [-0.2, -0.15) is 0 Å². The van der Waals surface area contributed by atoms with E-state index in [9.17, 15) is 0 Å². The molecule has 3 nitrogen and oxygen atoms in total. The van der Waals surface area contributed by atoms with Crippen LogP contribution >= 0.6 is 0 Å². The van der Waals surface area contributed by atoms with Gasteiger partial charge in [-0.3, -0.25) is 9.85 Å². The van der Waals surface area contributed by atoms with Gasteiger partial charge >= 0.3 is 0 Å². The Morgan fingerprint density at radius 3 is 2.12 bits per heavy atom. The first-order valence-corrected chi connectivity index (χ1v) is 2.35. The zero-order valence-corrected chi connectivity index (χ0v) is 5.59. The molecule has 0 fully saturated rings. The highest BCUT2D eigenvalue weighted by Crippen LogP contribution is 1.87. The number of hydrazine groups is 1. The van der Waals surface area contributed by atoms with Crippen molar-refractivity contribution >= 4 is 0 Å². The van der Waals surface area contributed by atoms with Crippen LogP contribution in [0.5, 0.6) is 0 Å². The smallest absolute Gasteiger partial charge is 0.0596 e. The molecule has 0 saturated heterocycles. The highest BCUT2D eigenvalue weighted by Gasteiger charge is 1.93. The van der Waals surface area contributed by atoms with Crippen molar-refractivity contribution in [2.24, 2.45) is 0 Å². The monoisotopic (exact) mass is 116 g/mol. The van der Waals surface area contributed by atoms with E-state index in [1.54, 1.807) is 30.5 Å². The Bertz CT molecular complexity index is 74.8. The number of nitrogens with zero attached hydrogens (tertiary/aromatic N) is 2. The van der Waals surface area contributed by atoms with Crippen LogP contribution in [0, 0.1) is 0 Å². The SMILES string of the molecule is C=CN(C)N(C)OC. The third-order valence-electron chi connectivity index (χ3n) is 0.973. The van der Waals surface area contributed by atoms with Gasteiger partial charge in [-0.1, -0.05) is 6.58 Å². The predicted molar refractivity (Wildman–Crippen MR) is 32.7 cm³/mol. The van der Waals surface area contributed by atoms with Crippen LogP contribution in [0.3, 0.4) is 0 Å². The molecule has 0 spiro atoms. The van der Waals surface area contributed by atoms with E-state index in [1.807, 2.05) is 7.05 Å². The molecule has 0 unspecified atom stereocenters. The number of rotatable bonds is 3. The summed E-state index contributed by atoms with van der Waals surface area (Å²) in [6.45, 7) is 3.53. The molecule has 0 amide bonds. The van der Waals surface area contributed by atoms with Gasteiger partial charge in [0.15, 0.2) is 0 Å². The van der Waals surface area contributed by atoms with Crippen LogP contribution in [0.25, 0.3) is 0 Å². The van der Waals surface area contributed by atoms with Crippen molar-refractivity contribution in [3.8, 4) is 0 Å². The third-order valence-corrected chi connectivity index (χ3v) is 0.973. The highest BCUT2D eigenvalue weighted by molar-refractivity contribution is 4.59. The zero-order valence-electron chi connectivity index (χ0n) is 5.59. The molecule has 0 aromatic rings. The maximum absolute atomic E-state index is 4.79. The summed E-state index contributed by atoms with van der Waals surface area (Å²) in [5.74, 6) is 0. The van der Waals surface area contributed by atoms with Gasteiger partial charge in [-0.05, 0) is 0 Å². The first-order valence-electron chi connectivity index (χ1n) is 2.35. The Morgan fingerprint density at radius 1 is 1.50 bits per heavy atom. The Kier molecular flexibility index (Phi) is 3.23. The predicted octanol–water partition coefficient (Wildman–Crippen LogP) is 0.470. The highest BCUT2D eigenvalue weighted by atomic mass is 16.7. The minimum Gasteiger partial charge on any atom is -0.294 e. The van der Waals surface area contributed by atoms with Gasteiger partial charge in [0.2, 0.25) is 0 Å². The quantitative estimate of drug-likeness (QED) is 0.498. The minimum absolute atomic E-state index is 1.56. The maximum Gasteiger partial charge on any atom is 0.0596 e. The van der Waals surface area contributed by atoms with E-state index in [2.05, 4.69) is 6.58 Å². The van der Waals surface area contributed by atoms with Gasteiger partial charge in [0.1, 0.15) is 0 Å². The summed E-state index contributed by atoms with van der Waals surface area (Å²) in [6.07, 6.45) is 1.66. The van der Waals surface area contributed by atoms with Gasteiger partial charge < -0.3 is 0 Å². The van der Waals surface area contributed by atoms with Gasteiger partial charge in [-0.25, -0.2) is 0 Å². The van der Waals surface area contributed by atoms with Gasteiger partial charge in [0, 0.05) is 20.3 Å². The summed E-state index contributed by atoms with van der Waals surface area (Å²) in [6, 6.07) is 0. The molecule has 0 atom stereocenters. The Morgan fingerprint density at radius 2 is 2.00 bits per heavy atom. The fourth-order valence-corrected chi connectivity index (χ4v) is 0.244. The van der Waals surface area contributed by atoms with Crippen LogP contribution in [0.2, 0.25) is 0 Å². The summed E-state index contributed by atoms with van der Waals surface area (Å²) in [5, 5.41) is 3.28. The molecular formula is C5H12N2O. The first-order chi connectivity index (χ1) is 3.72. The van der Waals surface area contributed by atoms with E-state index >= 15 is 0 Å². The Hall–Kier alpha value is -0.540. The molecular weight excluding hydrogens is 104 g/mol. The van der Waals surface area contributed by atoms with Crippen LogP contribution in [0.4, 0.5) is 0 Å². The molecule has 8 heavy (non-hydrogen) atoms. The van der Waals surface area contributed by atoms with Crippen LogP contribution in [0.15, 0.2) is 12.8 Å². The molecule has 0 aromatic heterocycles. The lowest BCUT2D eigenvalue weighted by Crippen LogP contribution is -2.30. The number of hydrogen-bond acceptors (Lipinski definition) is 3. The van der Waals surface area contributed by atoms with Crippen molar-refractivity contribution in [3.05, 3.63) is 12.8 Å². The molecule has 0 heterocycles. The lowest BCUT2D eigenvalue weighted by molar-refractivity contribution is -0.220. The van der Waals surface area contributed by atoms with Crippen molar-refractivity contribution in [1.82, 2.24) is 10.2 Å². The molecule has 0 radical (unpaired) electrons. The molecule has 0 saturated carbocycles. The van der Waals surface area contributed by atoms with Crippen LogP contribution in [-0.2, 0) is 4.84 Å². The summed E-state index contributed by atoms with van der Waals surface area (Å²) in [7, 11) is 5.23. The summed E-state index contributed by atoms with van der Waals surface area (Å²) >= 11 is 0. The molecule has 48 valence electrons. The molecule has 0 rings (SSSR count). The van der Waals surface area contributed by atoms with Crippen LogP contribution in [0.1, 0.15) is 0 Å². The molecule has 0 aliphatic heterocycles. The Labute approximate surface area is 50.1 Å². The van der Waals surface area contributed by atoms with E-state index in [4.69, 9.17) is 4.84 Å². The minimum atomic E-state index is 1.56. The second kappa shape index (κ2) is 3.46.